The molecule has 0 bridgehead atoms. The van der Waals surface area contributed by atoms with Crippen LogP contribution in [0.5, 0.6) is 0 Å². The number of carbonyl (C=O) groups excluding carboxylic acids is 1. The van der Waals surface area contributed by atoms with Crippen molar-refractivity contribution in [2.24, 2.45) is 0 Å². The number of hydrogen-bond acceptors (Lipinski definition) is 4. The average molecular weight is 330 g/mol. The molecule has 0 saturated heterocycles. The molecular weight excluding hydrogens is 316 g/mol. The smallest absolute Gasteiger partial charge is 0.269 e. The van der Waals surface area contributed by atoms with Gasteiger partial charge >= 0.3 is 0 Å². The van der Waals surface area contributed by atoms with Crippen molar-refractivity contribution in [3.63, 3.8) is 0 Å². The number of rotatable bonds is 3. The molecule has 4 rings (SSSR count). The van der Waals surface area contributed by atoms with Gasteiger partial charge in [-0.05, 0) is 24.3 Å². The number of para-hydroxylation sites is 3. The van der Waals surface area contributed by atoms with Crippen LogP contribution in [0.2, 0.25) is 0 Å². The number of carbonyl (C=O) groups is 1. The summed E-state index contributed by atoms with van der Waals surface area (Å²) in [6.07, 6.45) is 2.83. The summed E-state index contributed by atoms with van der Waals surface area (Å²) in [5, 5.41) is 3.73. The molecule has 0 atom stereocenters. The van der Waals surface area contributed by atoms with Crippen LogP contribution >= 0.6 is 0 Å². The van der Waals surface area contributed by atoms with Gasteiger partial charge in [0.2, 0.25) is 5.91 Å². The van der Waals surface area contributed by atoms with Crippen molar-refractivity contribution in [2.75, 3.05) is 5.32 Å². The van der Waals surface area contributed by atoms with Crippen molar-refractivity contribution in [3.05, 3.63) is 77.3 Å². The number of anilines is 1. The van der Waals surface area contributed by atoms with Crippen LogP contribution in [0.15, 0.2) is 71.8 Å². The van der Waals surface area contributed by atoms with Crippen LogP contribution in [-0.4, -0.2) is 20.4 Å². The van der Waals surface area contributed by atoms with Crippen molar-refractivity contribution in [3.8, 4) is 0 Å². The second-order valence-electron chi connectivity index (χ2n) is 5.64. The lowest BCUT2D eigenvalue weighted by atomic mass is 10.2. The number of hydrogen-bond donors (Lipinski definition) is 1. The Morgan fingerprint density at radius 3 is 2.56 bits per heavy atom. The van der Waals surface area contributed by atoms with E-state index in [4.69, 9.17) is 0 Å². The van der Waals surface area contributed by atoms with Gasteiger partial charge in [-0.3, -0.25) is 19.1 Å². The van der Waals surface area contributed by atoms with Gasteiger partial charge in [0.15, 0.2) is 0 Å². The van der Waals surface area contributed by atoms with E-state index in [1.54, 1.807) is 18.3 Å². The summed E-state index contributed by atoms with van der Waals surface area (Å²) >= 11 is 0. The minimum atomic E-state index is -0.314. The van der Waals surface area contributed by atoms with Crippen molar-refractivity contribution in [1.82, 2.24) is 14.5 Å². The standard InChI is InChI=1S/C19H14N4O2/c24-18(22-14-9-13-5-1-2-6-15(13)20-10-14)12-23-17-8-4-3-7-16(17)21-11-19(23)25/h1-11H,12H2,(H,22,24). The second-order valence-corrected chi connectivity index (χ2v) is 5.64. The quantitative estimate of drug-likeness (QED) is 0.626. The van der Waals surface area contributed by atoms with E-state index in [2.05, 4.69) is 15.3 Å². The molecule has 0 spiro atoms. The van der Waals surface area contributed by atoms with Crippen LogP contribution in [-0.2, 0) is 11.3 Å². The molecule has 6 nitrogen and oxygen atoms in total. The fourth-order valence-corrected chi connectivity index (χ4v) is 2.76. The van der Waals surface area contributed by atoms with Crippen molar-refractivity contribution in [2.45, 2.75) is 6.54 Å². The molecule has 2 heterocycles. The molecule has 25 heavy (non-hydrogen) atoms. The summed E-state index contributed by atoms with van der Waals surface area (Å²) in [5.41, 5.74) is 2.43. The summed E-state index contributed by atoms with van der Waals surface area (Å²) in [6.45, 7) is -0.0886. The minimum absolute atomic E-state index is 0.0886. The summed E-state index contributed by atoms with van der Waals surface area (Å²) in [7, 11) is 0. The SMILES string of the molecule is O=C(Cn1c(=O)cnc2ccccc21)Nc1cnc2ccccc2c1. The molecule has 0 saturated carbocycles. The highest BCUT2D eigenvalue weighted by Gasteiger charge is 2.09. The normalized spacial score (nSPS) is 10.9. The van der Waals surface area contributed by atoms with E-state index in [1.807, 2.05) is 42.5 Å². The second kappa shape index (κ2) is 6.16. The van der Waals surface area contributed by atoms with Crippen LogP contribution in [0, 0.1) is 0 Å². The molecule has 0 aliphatic carbocycles. The third-order valence-electron chi connectivity index (χ3n) is 3.93. The van der Waals surface area contributed by atoms with Crippen molar-refractivity contribution < 1.29 is 4.79 Å². The number of fused-ring (bicyclic) bond motifs is 2. The zero-order valence-corrected chi connectivity index (χ0v) is 13.2. The topological polar surface area (TPSA) is 76.9 Å². The molecular formula is C19H14N4O2. The molecule has 0 aliphatic rings. The Labute approximate surface area is 142 Å². The molecule has 0 radical (unpaired) electrons. The highest BCUT2D eigenvalue weighted by atomic mass is 16.2. The Morgan fingerprint density at radius 2 is 1.68 bits per heavy atom. The van der Waals surface area contributed by atoms with E-state index in [1.165, 1.54) is 10.8 Å². The Hall–Kier alpha value is -3.54. The van der Waals surface area contributed by atoms with Gasteiger partial charge in [0.1, 0.15) is 6.54 Å². The molecule has 0 aliphatic heterocycles. The van der Waals surface area contributed by atoms with E-state index in [0.29, 0.717) is 16.7 Å². The number of aromatic nitrogens is 3. The van der Waals surface area contributed by atoms with Gasteiger partial charge in [-0.2, -0.15) is 0 Å². The molecule has 2 aromatic carbocycles. The number of amides is 1. The summed E-state index contributed by atoms with van der Waals surface area (Å²) in [5.74, 6) is -0.296. The third-order valence-corrected chi connectivity index (χ3v) is 3.93. The molecule has 0 unspecified atom stereocenters. The number of pyridine rings is 1. The molecule has 0 fully saturated rings. The minimum Gasteiger partial charge on any atom is -0.323 e. The first-order valence-corrected chi connectivity index (χ1v) is 7.80. The van der Waals surface area contributed by atoms with Gasteiger partial charge < -0.3 is 5.32 Å². The average Bonchev–Trinajstić information content (AvgIpc) is 2.64. The Bertz CT molecular complexity index is 1150. The van der Waals surface area contributed by atoms with E-state index in [9.17, 15) is 9.59 Å². The lowest BCUT2D eigenvalue weighted by Gasteiger charge is -2.10. The number of nitrogens with one attached hydrogen (secondary N) is 1. The maximum absolute atomic E-state index is 12.4. The number of benzene rings is 2. The summed E-state index contributed by atoms with van der Waals surface area (Å²) in [6, 6.07) is 16.7. The molecule has 4 aromatic rings. The fraction of sp³-hybridized carbons (Fsp3) is 0.0526. The Balaban J connectivity index is 1.62. The first kappa shape index (κ1) is 15.0. The highest BCUT2D eigenvalue weighted by molar-refractivity contribution is 5.93. The zero-order chi connectivity index (χ0) is 17.2. The van der Waals surface area contributed by atoms with Crippen LogP contribution < -0.4 is 10.9 Å². The summed E-state index contributed by atoms with van der Waals surface area (Å²) < 4.78 is 1.41. The third kappa shape index (κ3) is 2.97. The monoisotopic (exact) mass is 330 g/mol. The Kier molecular flexibility index (Phi) is 3.70. The van der Waals surface area contributed by atoms with Crippen LogP contribution in [0.1, 0.15) is 0 Å². The van der Waals surface area contributed by atoms with E-state index in [0.717, 1.165) is 10.9 Å². The largest absolute Gasteiger partial charge is 0.323 e. The van der Waals surface area contributed by atoms with E-state index in [-0.39, 0.29) is 18.0 Å². The van der Waals surface area contributed by atoms with Crippen molar-refractivity contribution >= 4 is 33.5 Å². The summed E-state index contributed by atoms with van der Waals surface area (Å²) in [4.78, 5) is 32.9. The molecule has 2 aromatic heterocycles. The molecule has 122 valence electrons. The fourth-order valence-electron chi connectivity index (χ4n) is 2.76. The van der Waals surface area contributed by atoms with Gasteiger partial charge in [0, 0.05) is 5.39 Å². The van der Waals surface area contributed by atoms with Gasteiger partial charge in [0.25, 0.3) is 5.56 Å². The van der Waals surface area contributed by atoms with Gasteiger partial charge in [-0.25, -0.2) is 4.98 Å². The molecule has 1 amide bonds. The zero-order valence-electron chi connectivity index (χ0n) is 13.2. The predicted octanol–water partition coefficient (Wildman–Crippen LogP) is 2.58. The first-order valence-electron chi connectivity index (χ1n) is 7.80. The van der Waals surface area contributed by atoms with Crippen LogP contribution in [0.3, 0.4) is 0 Å². The maximum Gasteiger partial charge on any atom is 0.269 e. The number of nitrogens with zero attached hydrogens (tertiary/aromatic N) is 3. The lowest BCUT2D eigenvalue weighted by molar-refractivity contribution is -0.116. The van der Waals surface area contributed by atoms with E-state index >= 15 is 0 Å². The van der Waals surface area contributed by atoms with Gasteiger partial charge in [-0.15, -0.1) is 0 Å². The van der Waals surface area contributed by atoms with Crippen LogP contribution in [0.4, 0.5) is 5.69 Å². The maximum atomic E-state index is 12.4. The first-order chi connectivity index (χ1) is 12.2. The van der Waals surface area contributed by atoms with Gasteiger partial charge in [-0.1, -0.05) is 30.3 Å². The lowest BCUT2D eigenvalue weighted by Crippen LogP contribution is -2.28. The van der Waals surface area contributed by atoms with E-state index < -0.39 is 0 Å². The Morgan fingerprint density at radius 1 is 0.960 bits per heavy atom. The van der Waals surface area contributed by atoms with Gasteiger partial charge in [0.05, 0.1) is 34.6 Å². The molecule has 6 heteroatoms. The molecule has 1 N–H and O–H groups in total. The van der Waals surface area contributed by atoms with Crippen molar-refractivity contribution in [1.29, 1.82) is 0 Å². The predicted molar refractivity (Wildman–Crippen MR) is 96.4 cm³/mol. The highest BCUT2D eigenvalue weighted by Crippen LogP contribution is 2.16. The van der Waals surface area contributed by atoms with Crippen LogP contribution in [0.25, 0.3) is 21.9 Å².